The normalized spacial score (nSPS) is 19.6. The van der Waals surface area contributed by atoms with Crippen molar-refractivity contribution in [3.63, 3.8) is 0 Å². The van der Waals surface area contributed by atoms with Gasteiger partial charge in [-0.3, -0.25) is 4.79 Å². The Morgan fingerprint density at radius 3 is 2.78 bits per heavy atom. The molecule has 96 valence electrons. The van der Waals surface area contributed by atoms with Gasteiger partial charge in [-0.1, -0.05) is 43.2 Å². The summed E-state index contributed by atoms with van der Waals surface area (Å²) in [4.78, 5) is 12.2. The maximum atomic E-state index is 12.2. The van der Waals surface area contributed by atoms with Gasteiger partial charge < -0.3 is 5.32 Å². The summed E-state index contributed by atoms with van der Waals surface area (Å²) in [7, 11) is 0. The van der Waals surface area contributed by atoms with E-state index in [0.717, 1.165) is 29.7 Å². The molecular weight excluding hydrogens is 246 g/mol. The molecule has 1 N–H and O–H groups in total. The lowest BCUT2D eigenvalue weighted by Crippen LogP contribution is -2.36. The van der Waals surface area contributed by atoms with E-state index >= 15 is 0 Å². The number of hydrogen-bond acceptors (Lipinski definition) is 1. The SMILES string of the molecule is CCCC=C1c2cccc(Cl)c2NC(=O)C1(C)C. The van der Waals surface area contributed by atoms with E-state index in [1.807, 2.05) is 26.0 Å². The van der Waals surface area contributed by atoms with Gasteiger partial charge in [0.05, 0.1) is 16.1 Å². The van der Waals surface area contributed by atoms with Gasteiger partial charge in [-0.25, -0.2) is 0 Å². The van der Waals surface area contributed by atoms with Crippen LogP contribution in [0.3, 0.4) is 0 Å². The van der Waals surface area contributed by atoms with Crippen molar-refractivity contribution in [2.24, 2.45) is 5.41 Å². The van der Waals surface area contributed by atoms with Gasteiger partial charge in [0.25, 0.3) is 0 Å². The molecule has 0 bridgehead atoms. The maximum absolute atomic E-state index is 12.2. The smallest absolute Gasteiger partial charge is 0.234 e. The van der Waals surface area contributed by atoms with Crippen LogP contribution in [0.2, 0.25) is 5.02 Å². The van der Waals surface area contributed by atoms with Crippen LogP contribution in [0.15, 0.2) is 24.3 Å². The molecule has 0 unspecified atom stereocenters. The van der Waals surface area contributed by atoms with Crippen molar-refractivity contribution < 1.29 is 4.79 Å². The molecule has 0 fully saturated rings. The Hall–Kier alpha value is -1.28. The predicted molar refractivity (Wildman–Crippen MR) is 76.7 cm³/mol. The van der Waals surface area contributed by atoms with Crippen LogP contribution in [-0.4, -0.2) is 5.91 Å². The van der Waals surface area contributed by atoms with E-state index in [2.05, 4.69) is 18.3 Å². The van der Waals surface area contributed by atoms with Gasteiger partial charge in [0.15, 0.2) is 0 Å². The summed E-state index contributed by atoms with van der Waals surface area (Å²) in [5.74, 6) is 0.00505. The zero-order chi connectivity index (χ0) is 13.3. The van der Waals surface area contributed by atoms with Gasteiger partial charge in [0.1, 0.15) is 0 Å². The number of benzene rings is 1. The van der Waals surface area contributed by atoms with Gasteiger partial charge in [0, 0.05) is 5.56 Å². The number of anilines is 1. The Morgan fingerprint density at radius 1 is 1.39 bits per heavy atom. The maximum Gasteiger partial charge on any atom is 0.234 e. The third kappa shape index (κ3) is 2.05. The lowest BCUT2D eigenvalue weighted by Gasteiger charge is -2.34. The third-order valence-electron chi connectivity index (χ3n) is 3.42. The largest absolute Gasteiger partial charge is 0.324 e. The topological polar surface area (TPSA) is 29.1 Å². The predicted octanol–water partition coefficient (Wildman–Crippen LogP) is 4.50. The number of amides is 1. The second-order valence-corrected chi connectivity index (χ2v) is 5.56. The van der Waals surface area contributed by atoms with Crippen molar-refractivity contribution >= 4 is 28.8 Å². The van der Waals surface area contributed by atoms with Crippen LogP contribution in [0.25, 0.3) is 5.57 Å². The number of nitrogens with one attached hydrogen (secondary N) is 1. The van der Waals surface area contributed by atoms with Crippen molar-refractivity contribution in [3.8, 4) is 0 Å². The van der Waals surface area contributed by atoms with Gasteiger partial charge in [-0.05, 0) is 31.9 Å². The average molecular weight is 264 g/mol. The van der Waals surface area contributed by atoms with E-state index in [9.17, 15) is 4.79 Å². The summed E-state index contributed by atoms with van der Waals surface area (Å²) in [6.45, 7) is 6.03. The van der Waals surface area contributed by atoms with Crippen LogP contribution < -0.4 is 5.32 Å². The minimum absolute atomic E-state index is 0.00505. The summed E-state index contributed by atoms with van der Waals surface area (Å²) in [5, 5.41) is 3.51. The van der Waals surface area contributed by atoms with Crippen molar-refractivity contribution in [1.82, 2.24) is 0 Å². The first-order valence-electron chi connectivity index (χ1n) is 6.29. The molecule has 1 aromatic carbocycles. The molecular formula is C15H18ClNO. The molecule has 2 rings (SSSR count). The van der Waals surface area contributed by atoms with E-state index in [4.69, 9.17) is 11.6 Å². The van der Waals surface area contributed by atoms with E-state index in [1.54, 1.807) is 6.07 Å². The highest BCUT2D eigenvalue weighted by Gasteiger charge is 2.38. The fourth-order valence-electron chi connectivity index (χ4n) is 2.26. The van der Waals surface area contributed by atoms with Crippen molar-refractivity contribution in [1.29, 1.82) is 0 Å². The van der Waals surface area contributed by atoms with Crippen LogP contribution in [-0.2, 0) is 4.79 Å². The molecule has 0 saturated carbocycles. The van der Waals surface area contributed by atoms with Gasteiger partial charge in [-0.2, -0.15) is 0 Å². The summed E-state index contributed by atoms with van der Waals surface area (Å²) in [6, 6.07) is 5.74. The van der Waals surface area contributed by atoms with Crippen molar-refractivity contribution in [2.45, 2.75) is 33.6 Å². The Morgan fingerprint density at radius 2 is 2.11 bits per heavy atom. The Labute approximate surface area is 113 Å². The quantitative estimate of drug-likeness (QED) is 0.836. The number of halogens is 1. The Bertz CT molecular complexity index is 517. The number of para-hydroxylation sites is 1. The summed E-state index contributed by atoms with van der Waals surface area (Å²) < 4.78 is 0. The first-order chi connectivity index (χ1) is 8.48. The Balaban J connectivity index is 2.62. The van der Waals surface area contributed by atoms with Gasteiger partial charge >= 0.3 is 0 Å². The monoisotopic (exact) mass is 263 g/mol. The number of allylic oxidation sites excluding steroid dienone is 1. The first kappa shape index (κ1) is 13.2. The van der Waals surface area contributed by atoms with Crippen molar-refractivity contribution in [3.05, 3.63) is 34.9 Å². The molecule has 1 aliphatic heterocycles. The fraction of sp³-hybridized carbons (Fsp3) is 0.400. The number of hydrogen-bond donors (Lipinski definition) is 1. The third-order valence-corrected chi connectivity index (χ3v) is 3.74. The standard InChI is InChI=1S/C15H18ClNO/c1-4-5-8-11-10-7-6-9-12(16)13(10)17-14(18)15(11,2)3/h6-9H,4-5H2,1-3H3,(H,17,18). The zero-order valence-electron chi connectivity index (χ0n) is 11.0. The lowest BCUT2D eigenvalue weighted by molar-refractivity contribution is -0.121. The Kier molecular flexibility index (Phi) is 3.49. The van der Waals surface area contributed by atoms with E-state index in [1.165, 1.54) is 0 Å². The molecule has 2 nitrogen and oxygen atoms in total. The molecule has 3 heteroatoms. The molecule has 0 aliphatic carbocycles. The van der Waals surface area contributed by atoms with Crippen LogP contribution in [0.1, 0.15) is 39.2 Å². The van der Waals surface area contributed by atoms with E-state index in [-0.39, 0.29) is 5.91 Å². The molecule has 0 saturated heterocycles. The molecule has 1 aliphatic rings. The number of rotatable bonds is 2. The first-order valence-corrected chi connectivity index (χ1v) is 6.67. The molecule has 18 heavy (non-hydrogen) atoms. The minimum atomic E-state index is -0.507. The van der Waals surface area contributed by atoms with E-state index < -0.39 is 5.41 Å². The number of carbonyl (C=O) groups is 1. The molecule has 1 aromatic rings. The number of unbranched alkanes of at least 4 members (excludes halogenated alkanes) is 1. The highest BCUT2D eigenvalue weighted by molar-refractivity contribution is 6.35. The van der Waals surface area contributed by atoms with Gasteiger partial charge in [-0.15, -0.1) is 0 Å². The highest BCUT2D eigenvalue weighted by Crippen LogP contribution is 2.45. The molecule has 0 radical (unpaired) electrons. The zero-order valence-corrected chi connectivity index (χ0v) is 11.8. The van der Waals surface area contributed by atoms with Crippen LogP contribution in [0.4, 0.5) is 5.69 Å². The fourth-order valence-corrected chi connectivity index (χ4v) is 2.48. The highest BCUT2D eigenvalue weighted by atomic mass is 35.5. The second kappa shape index (κ2) is 4.77. The van der Waals surface area contributed by atoms with Crippen LogP contribution in [0.5, 0.6) is 0 Å². The van der Waals surface area contributed by atoms with Gasteiger partial charge in [0.2, 0.25) is 5.91 Å². The molecule has 1 amide bonds. The number of fused-ring (bicyclic) bond motifs is 1. The summed E-state index contributed by atoms with van der Waals surface area (Å²) in [6.07, 6.45) is 4.20. The van der Waals surface area contributed by atoms with Crippen LogP contribution >= 0.6 is 11.6 Å². The van der Waals surface area contributed by atoms with Crippen molar-refractivity contribution in [2.75, 3.05) is 5.32 Å². The molecule has 1 heterocycles. The lowest BCUT2D eigenvalue weighted by atomic mass is 9.75. The average Bonchev–Trinajstić information content (AvgIpc) is 2.31. The molecule has 0 spiro atoms. The number of carbonyl (C=O) groups excluding carboxylic acids is 1. The minimum Gasteiger partial charge on any atom is -0.324 e. The molecule has 0 atom stereocenters. The second-order valence-electron chi connectivity index (χ2n) is 5.15. The summed E-state index contributed by atoms with van der Waals surface area (Å²) in [5.41, 5.74) is 2.35. The van der Waals surface area contributed by atoms with Crippen LogP contribution in [0, 0.1) is 5.41 Å². The van der Waals surface area contributed by atoms with E-state index in [0.29, 0.717) is 5.02 Å². The molecule has 0 aromatic heterocycles. The summed E-state index contributed by atoms with van der Waals surface area (Å²) >= 11 is 6.16.